The molecule has 2 aromatic carbocycles. The Morgan fingerprint density at radius 1 is 1.03 bits per heavy atom. The number of para-hydroxylation sites is 1. The lowest BCUT2D eigenvalue weighted by atomic mass is 9.85. The number of rotatable bonds is 4. The van der Waals surface area contributed by atoms with Crippen LogP contribution in [0.15, 0.2) is 53.0 Å². The highest BCUT2D eigenvalue weighted by atomic mass is 79.9. The number of fused-ring (bicyclic) bond motifs is 3. The smallest absolute Gasteiger partial charge is 0.328 e. The summed E-state index contributed by atoms with van der Waals surface area (Å²) in [7, 11) is 0. The van der Waals surface area contributed by atoms with Crippen molar-refractivity contribution in [2.24, 2.45) is 10.8 Å². The molecule has 0 bridgehead atoms. The van der Waals surface area contributed by atoms with E-state index < -0.39 is 22.7 Å². The Hall–Kier alpha value is -2.47. The molecule has 0 unspecified atom stereocenters. The Labute approximate surface area is 189 Å². The highest BCUT2D eigenvalue weighted by molar-refractivity contribution is 9.10. The van der Waals surface area contributed by atoms with Crippen molar-refractivity contribution in [2.75, 3.05) is 0 Å². The monoisotopic (exact) mass is 481 g/mol. The van der Waals surface area contributed by atoms with Gasteiger partial charge in [-0.15, -0.1) is 0 Å². The molecule has 5 nitrogen and oxygen atoms in total. The predicted octanol–water partition coefficient (Wildman–Crippen LogP) is 4.79. The fourth-order valence-electron chi connectivity index (χ4n) is 5.70. The van der Waals surface area contributed by atoms with Gasteiger partial charge >= 0.3 is 5.97 Å². The number of hydrogen-bond donors (Lipinski definition) is 1. The molecule has 0 spiro atoms. The third-order valence-electron chi connectivity index (χ3n) is 7.38. The maximum Gasteiger partial charge on any atom is 0.328 e. The van der Waals surface area contributed by atoms with E-state index >= 15 is 0 Å². The van der Waals surface area contributed by atoms with Crippen LogP contribution >= 0.6 is 15.9 Å². The molecule has 1 N–H and O–H groups in total. The van der Waals surface area contributed by atoms with Crippen LogP contribution in [0.5, 0.6) is 5.75 Å². The van der Waals surface area contributed by atoms with Crippen molar-refractivity contribution in [1.29, 1.82) is 0 Å². The van der Waals surface area contributed by atoms with E-state index in [4.69, 9.17) is 4.74 Å². The number of carbonyl (C=O) groups excluding carboxylic acids is 3. The summed E-state index contributed by atoms with van der Waals surface area (Å²) < 4.78 is 6.50. The molecule has 2 fully saturated rings. The second kappa shape index (κ2) is 7.30. The zero-order chi connectivity index (χ0) is 21.8. The first kappa shape index (κ1) is 20.4. The summed E-state index contributed by atoms with van der Waals surface area (Å²) in [5, 5.41) is 3.10. The van der Waals surface area contributed by atoms with Crippen LogP contribution in [0, 0.1) is 10.8 Å². The molecule has 0 aromatic heterocycles. The minimum absolute atomic E-state index is 0.0360. The van der Waals surface area contributed by atoms with Crippen LogP contribution < -0.4 is 10.1 Å². The zero-order valence-corrected chi connectivity index (χ0v) is 18.9. The number of nitrogens with one attached hydrogen (secondary N) is 1. The van der Waals surface area contributed by atoms with Gasteiger partial charge in [0.05, 0.1) is 5.41 Å². The van der Waals surface area contributed by atoms with Gasteiger partial charge in [-0.2, -0.15) is 0 Å². The summed E-state index contributed by atoms with van der Waals surface area (Å²) in [5.41, 5.74) is -1.52. The third kappa shape index (κ3) is 2.84. The molecule has 2 saturated carbocycles. The first-order chi connectivity index (χ1) is 14.9. The normalized spacial score (nSPS) is 29.4. The average molecular weight is 482 g/mol. The Morgan fingerprint density at radius 3 is 2.42 bits per heavy atom. The molecule has 1 heterocycles. The molecule has 1 aliphatic heterocycles. The van der Waals surface area contributed by atoms with E-state index in [0.717, 1.165) is 42.1 Å². The molecular formula is C25H24BrNO4. The van der Waals surface area contributed by atoms with Gasteiger partial charge in [-0.3, -0.25) is 14.4 Å². The fourth-order valence-corrected chi connectivity index (χ4v) is 5.97. The van der Waals surface area contributed by atoms with Crippen LogP contribution in [0.2, 0.25) is 0 Å². The highest BCUT2D eigenvalue weighted by Crippen LogP contribution is 2.78. The summed E-state index contributed by atoms with van der Waals surface area (Å²) in [6.45, 7) is 1.74. The second-order valence-electron chi connectivity index (χ2n) is 9.02. The van der Waals surface area contributed by atoms with Crippen LogP contribution in [0.3, 0.4) is 0 Å². The van der Waals surface area contributed by atoms with Crippen LogP contribution in [0.4, 0.5) is 0 Å². The number of ketones is 1. The molecule has 31 heavy (non-hydrogen) atoms. The lowest BCUT2D eigenvalue weighted by molar-refractivity contribution is -0.149. The first-order valence-corrected chi connectivity index (χ1v) is 11.6. The van der Waals surface area contributed by atoms with Gasteiger partial charge in [0.25, 0.3) is 0 Å². The van der Waals surface area contributed by atoms with Gasteiger partial charge in [0.15, 0.2) is 11.2 Å². The molecule has 3 aliphatic rings. The molecule has 3 atom stereocenters. The molecule has 2 aromatic rings. The second-order valence-corrected chi connectivity index (χ2v) is 9.93. The molecule has 160 valence electrons. The average Bonchev–Trinajstić information content (AvgIpc) is 3.38. The van der Waals surface area contributed by atoms with Crippen molar-refractivity contribution in [1.82, 2.24) is 5.32 Å². The van der Waals surface area contributed by atoms with Gasteiger partial charge in [0.1, 0.15) is 5.75 Å². The van der Waals surface area contributed by atoms with Crippen molar-refractivity contribution >= 4 is 33.6 Å². The standard InChI is InChI=1S/C25H24BrNO4/c1-24(21(28)15-11-13-16(26)14-12-15)20-18-9-5-6-10-19(18)31-23(30)25(20,24)22(29)27-17-7-3-2-4-8-17/h5-6,9-14,17,20H,2-4,7-8H2,1H3,(H,27,29)/t20-,24+,25+/m1/s1. The van der Waals surface area contributed by atoms with Crippen molar-refractivity contribution in [3.05, 3.63) is 64.1 Å². The zero-order valence-electron chi connectivity index (χ0n) is 17.3. The van der Waals surface area contributed by atoms with E-state index in [9.17, 15) is 14.4 Å². The Kier molecular flexibility index (Phi) is 4.81. The minimum atomic E-state index is -1.54. The van der Waals surface area contributed by atoms with E-state index in [-0.39, 0.29) is 17.7 Å². The van der Waals surface area contributed by atoms with Gasteiger partial charge < -0.3 is 10.1 Å². The summed E-state index contributed by atoms with van der Waals surface area (Å²) in [6, 6.07) is 14.3. The number of esters is 1. The molecule has 1 amide bonds. The van der Waals surface area contributed by atoms with Crippen LogP contribution in [0.25, 0.3) is 0 Å². The number of hydrogen-bond acceptors (Lipinski definition) is 4. The van der Waals surface area contributed by atoms with E-state index in [1.54, 1.807) is 43.3 Å². The summed E-state index contributed by atoms with van der Waals surface area (Å²) in [5.74, 6) is -1.32. The number of amides is 1. The molecule has 0 radical (unpaired) electrons. The van der Waals surface area contributed by atoms with Crippen LogP contribution in [-0.4, -0.2) is 23.7 Å². The number of Topliss-reactive ketones (excluding diaryl/α,β-unsaturated/α-hetero) is 1. The van der Waals surface area contributed by atoms with E-state index in [0.29, 0.717) is 11.3 Å². The number of benzene rings is 2. The lowest BCUT2D eigenvalue weighted by Crippen LogP contribution is -2.49. The highest BCUT2D eigenvalue weighted by Gasteiger charge is 2.88. The summed E-state index contributed by atoms with van der Waals surface area (Å²) in [4.78, 5) is 40.8. The van der Waals surface area contributed by atoms with E-state index in [1.165, 1.54) is 0 Å². The van der Waals surface area contributed by atoms with Crippen molar-refractivity contribution in [3.63, 3.8) is 0 Å². The first-order valence-electron chi connectivity index (χ1n) is 10.8. The van der Waals surface area contributed by atoms with E-state index in [1.807, 2.05) is 12.1 Å². The number of ether oxygens (including phenoxy) is 1. The SMILES string of the molecule is C[C@@]1(C(=O)c2ccc(Br)cc2)[C@H]2c3ccccc3OC(=O)[C@@]21C(=O)NC1CCCCC1. The van der Waals surface area contributed by atoms with Gasteiger partial charge in [-0.05, 0) is 38.0 Å². The largest absolute Gasteiger partial charge is 0.425 e. The van der Waals surface area contributed by atoms with Crippen molar-refractivity contribution < 1.29 is 19.1 Å². The molecule has 6 heteroatoms. The molecular weight excluding hydrogens is 458 g/mol. The van der Waals surface area contributed by atoms with Gasteiger partial charge in [0, 0.05) is 27.6 Å². The topological polar surface area (TPSA) is 72.5 Å². The third-order valence-corrected chi connectivity index (χ3v) is 7.91. The maximum atomic E-state index is 13.8. The predicted molar refractivity (Wildman–Crippen MR) is 119 cm³/mol. The van der Waals surface area contributed by atoms with Gasteiger partial charge in [0.2, 0.25) is 5.91 Å². The summed E-state index contributed by atoms with van der Waals surface area (Å²) in [6.07, 6.45) is 5.08. The Bertz CT molecular complexity index is 1080. The van der Waals surface area contributed by atoms with Crippen LogP contribution in [0.1, 0.15) is 60.9 Å². The van der Waals surface area contributed by atoms with Gasteiger partial charge in [-0.25, -0.2) is 0 Å². The molecule has 0 saturated heterocycles. The van der Waals surface area contributed by atoms with Crippen molar-refractivity contribution in [3.8, 4) is 5.75 Å². The Morgan fingerprint density at radius 2 is 1.71 bits per heavy atom. The van der Waals surface area contributed by atoms with E-state index in [2.05, 4.69) is 21.2 Å². The van der Waals surface area contributed by atoms with Gasteiger partial charge in [-0.1, -0.05) is 65.5 Å². The Balaban J connectivity index is 1.59. The minimum Gasteiger partial charge on any atom is -0.425 e. The lowest BCUT2D eigenvalue weighted by Gasteiger charge is -2.28. The number of halogens is 1. The molecule has 5 rings (SSSR count). The quantitative estimate of drug-likeness (QED) is 0.295. The fraction of sp³-hybridized carbons (Fsp3) is 0.400. The summed E-state index contributed by atoms with van der Waals surface area (Å²) >= 11 is 3.39. The van der Waals surface area contributed by atoms with Crippen molar-refractivity contribution in [2.45, 2.75) is 51.0 Å². The van der Waals surface area contributed by atoms with Crippen LogP contribution in [-0.2, 0) is 9.59 Å². The number of carbonyl (C=O) groups is 3. The molecule has 2 aliphatic carbocycles. The maximum absolute atomic E-state index is 13.8.